The number of hydrogen-bond acceptors (Lipinski definition) is 0. The van der Waals surface area contributed by atoms with Crippen LogP contribution >= 0.6 is 0 Å². The molecule has 2 atom stereocenters. The summed E-state index contributed by atoms with van der Waals surface area (Å²) in [4.78, 5) is 0. The fraction of sp³-hybridized carbons (Fsp3) is 0.833. The van der Waals surface area contributed by atoms with E-state index in [2.05, 4.69) is 47.6 Å². The Labute approximate surface area is 78.1 Å². The van der Waals surface area contributed by atoms with Crippen LogP contribution in [0, 0.1) is 17.8 Å². The van der Waals surface area contributed by atoms with Crippen molar-refractivity contribution in [2.24, 2.45) is 17.8 Å². The molecule has 0 spiro atoms. The van der Waals surface area contributed by atoms with E-state index in [4.69, 9.17) is 0 Å². The molecule has 0 saturated carbocycles. The average Bonchev–Trinajstić information content (AvgIpc) is 1.98. The van der Waals surface area contributed by atoms with E-state index in [1.807, 2.05) is 0 Å². The van der Waals surface area contributed by atoms with Gasteiger partial charge in [-0.25, -0.2) is 0 Å². The molecule has 2 unspecified atom stereocenters. The Morgan fingerprint density at radius 1 is 1.17 bits per heavy atom. The smallest absolute Gasteiger partial charge is 0.0182 e. The minimum Gasteiger partial charge on any atom is -0.0822 e. The van der Waals surface area contributed by atoms with Gasteiger partial charge in [0.1, 0.15) is 0 Å². The molecule has 0 fully saturated rings. The zero-order valence-corrected chi connectivity index (χ0v) is 9.52. The van der Waals surface area contributed by atoms with Crippen molar-refractivity contribution in [2.45, 2.75) is 48.0 Å². The molecule has 0 saturated heterocycles. The summed E-state index contributed by atoms with van der Waals surface area (Å²) < 4.78 is 0. The molecule has 0 nitrogen and oxygen atoms in total. The molecular formula is C12H24. The van der Waals surface area contributed by atoms with Gasteiger partial charge >= 0.3 is 0 Å². The van der Waals surface area contributed by atoms with Gasteiger partial charge in [-0.3, -0.25) is 0 Å². The zero-order valence-electron chi connectivity index (χ0n) is 9.52. The molecule has 12 heavy (non-hydrogen) atoms. The molecule has 0 radical (unpaired) electrons. The molecule has 0 rings (SSSR count). The Morgan fingerprint density at radius 2 is 1.67 bits per heavy atom. The first-order valence-corrected chi connectivity index (χ1v) is 5.14. The highest BCUT2D eigenvalue weighted by molar-refractivity contribution is 4.99. The fourth-order valence-corrected chi connectivity index (χ4v) is 1.67. The van der Waals surface area contributed by atoms with Gasteiger partial charge in [0.25, 0.3) is 0 Å². The second-order valence-electron chi connectivity index (χ2n) is 4.45. The van der Waals surface area contributed by atoms with Gasteiger partial charge in [0.15, 0.2) is 0 Å². The largest absolute Gasteiger partial charge is 0.0822 e. The molecule has 72 valence electrons. The maximum Gasteiger partial charge on any atom is -0.0182 e. The minimum atomic E-state index is 0.764. The molecule has 0 heteroatoms. The van der Waals surface area contributed by atoms with E-state index in [1.54, 1.807) is 0 Å². The van der Waals surface area contributed by atoms with E-state index in [9.17, 15) is 0 Å². The lowest BCUT2D eigenvalue weighted by molar-refractivity contribution is 0.324. The molecule has 0 heterocycles. The van der Waals surface area contributed by atoms with Crippen molar-refractivity contribution in [3.05, 3.63) is 11.6 Å². The minimum absolute atomic E-state index is 0.764. The summed E-state index contributed by atoms with van der Waals surface area (Å²) in [6.45, 7) is 13.6. The van der Waals surface area contributed by atoms with Crippen LogP contribution in [0.2, 0.25) is 0 Å². The predicted molar refractivity (Wildman–Crippen MR) is 57.2 cm³/mol. The summed E-state index contributed by atoms with van der Waals surface area (Å²) in [5.74, 6) is 2.36. The predicted octanol–water partition coefficient (Wildman–Crippen LogP) is 4.27. The van der Waals surface area contributed by atoms with Crippen molar-refractivity contribution in [3.63, 3.8) is 0 Å². The molecule has 0 aromatic heterocycles. The highest BCUT2D eigenvalue weighted by Gasteiger charge is 2.16. The fourth-order valence-electron chi connectivity index (χ4n) is 1.67. The maximum absolute atomic E-state index is 2.43. The third-order valence-corrected chi connectivity index (χ3v) is 2.60. The molecule has 0 aliphatic carbocycles. The summed E-state index contributed by atoms with van der Waals surface area (Å²) in [5, 5.41) is 0. The third kappa shape index (κ3) is 3.94. The van der Waals surface area contributed by atoms with Gasteiger partial charge in [0.05, 0.1) is 0 Å². The summed E-state index contributed by atoms with van der Waals surface area (Å²) in [6.07, 6.45) is 3.71. The van der Waals surface area contributed by atoms with E-state index in [0.717, 1.165) is 17.8 Å². The summed E-state index contributed by atoms with van der Waals surface area (Å²) in [5.41, 5.74) is 1.45. The molecule has 0 aromatic rings. The van der Waals surface area contributed by atoms with Crippen molar-refractivity contribution in [2.75, 3.05) is 0 Å². The van der Waals surface area contributed by atoms with Crippen LogP contribution in [0.3, 0.4) is 0 Å². The zero-order chi connectivity index (χ0) is 9.72. The van der Waals surface area contributed by atoms with Gasteiger partial charge < -0.3 is 0 Å². The van der Waals surface area contributed by atoms with Crippen molar-refractivity contribution in [3.8, 4) is 0 Å². The van der Waals surface area contributed by atoms with Gasteiger partial charge in [-0.15, -0.1) is 0 Å². The van der Waals surface area contributed by atoms with E-state index in [1.165, 1.54) is 12.0 Å². The van der Waals surface area contributed by atoms with Crippen LogP contribution in [-0.4, -0.2) is 0 Å². The second-order valence-corrected chi connectivity index (χ2v) is 4.45. The topological polar surface area (TPSA) is 0 Å². The average molecular weight is 168 g/mol. The van der Waals surface area contributed by atoms with E-state index in [0.29, 0.717) is 0 Å². The first kappa shape index (κ1) is 11.7. The van der Waals surface area contributed by atoms with Crippen molar-refractivity contribution in [1.82, 2.24) is 0 Å². The van der Waals surface area contributed by atoms with Crippen molar-refractivity contribution >= 4 is 0 Å². The van der Waals surface area contributed by atoms with Crippen LogP contribution < -0.4 is 0 Å². The van der Waals surface area contributed by atoms with E-state index < -0.39 is 0 Å². The quantitative estimate of drug-likeness (QED) is 0.550. The van der Waals surface area contributed by atoms with Gasteiger partial charge in [0, 0.05) is 0 Å². The van der Waals surface area contributed by atoms with Gasteiger partial charge in [-0.1, -0.05) is 45.8 Å². The molecular weight excluding hydrogens is 144 g/mol. The van der Waals surface area contributed by atoms with Gasteiger partial charge in [-0.05, 0) is 31.6 Å². The lowest BCUT2D eigenvalue weighted by atomic mass is 9.82. The standard InChI is InChI=1S/C12H24/c1-7-11(6)12(10(4)5)8-9(2)3/h8,10-12H,7H2,1-6H3. The first-order chi connectivity index (χ1) is 5.49. The van der Waals surface area contributed by atoms with E-state index in [-0.39, 0.29) is 0 Å². The summed E-state index contributed by atoms with van der Waals surface area (Å²) in [6, 6.07) is 0. The highest BCUT2D eigenvalue weighted by Crippen LogP contribution is 2.25. The second kappa shape index (κ2) is 5.40. The SMILES string of the molecule is CCC(C)C(C=C(C)C)C(C)C. The van der Waals surface area contributed by atoms with Gasteiger partial charge in [0.2, 0.25) is 0 Å². The first-order valence-electron chi connectivity index (χ1n) is 5.14. The molecule has 0 N–H and O–H groups in total. The monoisotopic (exact) mass is 168 g/mol. The Morgan fingerprint density at radius 3 is 1.92 bits per heavy atom. The van der Waals surface area contributed by atoms with Gasteiger partial charge in [-0.2, -0.15) is 0 Å². The number of rotatable bonds is 4. The molecule has 0 bridgehead atoms. The Kier molecular flexibility index (Phi) is 5.28. The van der Waals surface area contributed by atoms with Crippen molar-refractivity contribution < 1.29 is 0 Å². The highest BCUT2D eigenvalue weighted by atomic mass is 14.2. The number of allylic oxidation sites excluding steroid dienone is 2. The van der Waals surface area contributed by atoms with Crippen molar-refractivity contribution in [1.29, 1.82) is 0 Å². The Hall–Kier alpha value is -0.260. The number of hydrogen-bond donors (Lipinski definition) is 0. The molecule has 0 aliphatic heterocycles. The van der Waals surface area contributed by atoms with Crippen LogP contribution in [0.4, 0.5) is 0 Å². The van der Waals surface area contributed by atoms with Crippen LogP contribution in [0.25, 0.3) is 0 Å². The Bertz CT molecular complexity index is 138. The van der Waals surface area contributed by atoms with Crippen LogP contribution in [0.5, 0.6) is 0 Å². The lowest BCUT2D eigenvalue weighted by Gasteiger charge is -2.24. The van der Waals surface area contributed by atoms with Crippen LogP contribution in [-0.2, 0) is 0 Å². The third-order valence-electron chi connectivity index (χ3n) is 2.60. The Balaban J connectivity index is 4.33. The molecule has 0 amide bonds. The summed E-state index contributed by atoms with van der Waals surface area (Å²) in [7, 11) is 0. The molecule has 0 aromatic carbocycles. The molecule has 0 aliphatic rings. The van der Waals surface area contributed by atoms with Crippen LogP contribution in [0.15, 0.2) is 11.6 Å². The van der Waals surface area contributed by atoms with E-state index >= 15 is 0 Å². The maximum atomic E-state index is 2.43. The normalized spacial score (nSPS) is 15.9. The summed E-state index contributed by atoms with van der Waals surface area (Å²) >= 11 is 0. The van der Waals surface area contributed by atoms with Crippen LogP contribution in [0.1, 0.15) is 48.0 Å². The lowest BCUT2D eigenvalue weighted by Crippen LogP contribution is -2.15.